The van der Waals surface area contributed by atoms with E-state index in [4.69, 9.17) is 9.97 Å². The van der Waals surface area contributed by atoms with Crippen LogP contribution in [0.4, 0.5) is 0 Å². The van der Waals surface area contributed by atoms with E-state index in [0.29, 0.717) is 5.95 Å². The van der Waals surface area contributed by atoms with Crippen LogP contribution in [0.2, 0.25) is 0 Å². The Morgan fingerprint density at radius 1 is 0.377 bits per heavy atom. The van der Waals surface area contributed by atoms with Crippen molar-refractivity contribution in [2.24, 2.45) is 0 Å². The molecule has 0 aliphatic carbocycles. The standard InChI is InChI=1S/C48H31N5/c1-5-15-32(16-6-1)40-30-41(33-17-7-2-8-18-33)50-48(49-40)53-42-24-14-13-23-37(42)38-25-26-43-46(47(38)53)39-29-34-27-28-51(35-19-9-3-10-20-35)44(34)31-45(39)52(43)36-21-11-4-12-22-36/h1-31H. The number of para-hydroxylation sites is 3. The van der Waals surface area contributed by atoms with Gasteiger partial charge < -0.3 is 9.13 Å². The topological polar surface area (TPSA) is 40.6 Å². The fourth-order valence-corrected chi connectivity index (χ4v) is 8.11. The highest BCUT2D eigenvalue weighted by Crippen LogP contribution is 2.43. The third-order valence-corrected chi connectivity index (χ3v) is 10.5. The van der Waals surface area contributed by atoms with Crippen molar-refractivity contribution >= 4 is 54.5 Å². The van der Waals surface area contributed by atoms with Crippen molar-refractivity contribution in [3.63, 3.8) is 0 Å². The molecule has 4 aromatic heterocycles. The molecule has 5 nitrogen and oxygen atoms in total. The Kier molecular flexibility index (Phi) is 6.48. The van der Waals surface area contributed by atoms with Gasteiger partial charge in [-0.1, -0.05) is 121 Å². The maximum atomic E-state index is 5.35. The second-order valence-corrected chi connectivity index (χ2v) is 13.5. The molecule has 4 heterocycles. The molecule has 11 aromatic rings. The van der Waals surface area contributed by atoms with Crippen LogP contribution < -0.4 is 0 Å². The van der Waals surface area contributed by atoms with E-state index in [0.717, 1.165) is 72.2 Å². The first-order valence-corrected chi connectivity index (χ1v) is 17.9. The summed E-state index contributed by atoms with van der Waals surface area (Å²) in [4.78, 5) is 10.7. The van der Waals surface area contributed by atoms with Gasteiger partial charge in [0.2, 0.25) is 5.95 Å². The third kappa shape index (κ3) is 4.57. The van der Waals surface area contributed by atoms with Crippen molar-refractivity contribution in [2.45, 2.75) is 0 Å². The van der Waals surface area contributed by atoms with E-state index in [-0.39, 0.29) is 0 Å². The Morgan fingerprint density at radius 2 is 0.981 bits per heavy atom. The SMILES string of the molecule is c1ccc(-c2cc(-c3ccccc3)nc(-n3c4ccccc4c4ccc5c(c6cc7ccn(-c8ccccc8)c7cc6n5-c5ccccc5)c43)n2)cc1. The molecule has 0 atom stereocenters. The van der Waals surface area contributed by atoms with E-state index >= 15 is 0 Å². The Labute approximate surface area is 305 Å². The number of fused-ring (bicyclic) bond motifs is 8. The van der Waals surface area contributed by atoms with Gasteiger partial charge in [0, 0.05) is 55.6 Å². The maximum absolute atomic E-state index is 5.35. The second-order valence-electron chi connectivity index (χ2n) is 13.5. The molecule has 0 aliphatic heterocycles. The fraction of sp³-hybridized carbons (Fsp3) is 0. The van der Waals surface area contributed by atoms with Crippen LogP contribution in [0.3, 0.4) is 0 Å². The molecule has 0 fully saturated rings. The van der Waals surface area contributed by atoms with Crippen LogP contribution in [-0.4, -0.2) is 23.7 Å². The third-order valence-electron chi connectivity index (χ3n) is 10.5. The number of benzene rings is 7. The van der Waals surface area contributed by atoms with Crippen molar-refractivity contribution in [3.8, 4) is 39.8 Å². The minimum absolute atomic E-state index is 0.640. The molecule has 7 aromatic carbocycles. The number of hydrogen-bond donors (Lipinski definition) is 0. The number of rotatable bonds is 5. The van der Waals surface area contributed by atoms with Crippen LogP contribution in [0.25, 0.3) is 94.4 Å². The Bertz CT molecular complexity index is 3080. The van der Waals surface area contributed by atoms with Gasteiger partial charge in [0.25, 0.3) is 0 Å². The van der Waals surface area contributed by atoms with Crippen LogP contribution in [0.1, 0.15) is 0 Å². The molecule has 0 aliphatic rings. The van der Waals surface area contributed by atoms with E-state index < -0.39 is 0 Å². The highest BCUT2D eigenvalue weighted by molar-refractivity contribution is 6.27. The lowest BCUT2D eigenvalue weighted by Gasteiger charge is -2.12. The molecule has 0 bridgehead atoms. The molecule has 0 N–H and O–H groups in total. The van der Waals surface area contributed by atoms with Gasteiger partial charge in [0.05, 0.1) is 39.0 Å². The highest BCUT2D eigenvalue weighted by Gasteiger charge is 2.23. The van der Waals surface area contributed by atoms with E-state index in [1.807, 2.05) is 12.1 Å². The van der Waals surface area contributed by atoms with Crippen LogP contribution in [0, 0.1) is 0 Å². The monoisotopic (exact) mass is 677 g/mol. The van der Waals surface area contributed by atoms with Gasteiger partial charge in [0.15, 0.2) is 0 Å². The smallest absolute Gasteiger partial charge is 0.235 e. The maximum Gasteiger partial charge on any atom is 0.235 e. The summed E-state index contributed by atoms with van der Waals surface area (Å²) in [6.45, 7) is 0. The molecular weight excluding hydrogens is 647 g/mol. The van der Waals surface area contributed by atoms with Crippen molar-refractivity contribution in [1.82, 2.24) is 23.7 Å². The van der Waals surface area contributed by atoms with E-state index in [9.17, 15) is 0 Å². The second kappa shape index (κ2) is 11.7. The first-order valence-electron chi connectivity index (χ1n) is 17.9. The predicted molar refractivity (Wildman–Crippen MR) is 218 cm³/mol. The molecule has 0 unspecified atom stereocenters. The van der Waals surface area contributed by atoms with Crippen LogP contribution >= 0.6 is 0 Å². The molecule has 0 amide bonds. The van der Waals surface area contributed by atoms with Gasteiger partial charge in [-0.25, -0.2) is 9.97 Å². The van der Waals surface area contributed by atoms with Crippen LogP contribution in [-0.2, 0) is 0 Å². The minimum atomic E-state index is 0.640. The molecule has 0 spiro atoms. The normalized spacial score (nSPS) is 11.8. The lowest BCUT2D eigenvalue weighted by molar-refractivity contribution is 0.998. The summed E-state index contributed by atoms with van der Waals surface area (Å²) in [6, 6.07) is 64.3. The highest BCUT2D eigenvalue weighted by atomic mass is 15.2. The Hall–Kier alpha value is -7.24. The zero-order valence-corrected chi connectivity index (χ0v) is 28.6. The summed E-state index contributed by atoms with van der Waals surface area (Å²) in [7, 11) is 0. The van der Waals surface area contributed by atoms with E-state index in [2.05, 4.69) is 190 Å². The van der Waals surface area contributed by atoms with Gasteiger partial charge in [-0.15, -0.1) is 0 Å². The van der Waals surface area contributed by atoms with Gasteiger partial charge in [0.1, 0.15) is 0 Å². The average molecular weight is 678 g/mol. The number of aromatic nitrogens is 5. The summed E-state index contributed by atoms with van der Waals surface area (Å²) >= 11 is 0. The number of hydrogen-bond acceptors (Lipinski definition) is 2. The summed E-state index contributed by atoms with van der Waals surface area (Å²) in [5.41, 5.74) is 11.7. The van der Waals surface area contributed by atoms with Crippen molar-refractivity contribution in [2.75, 3.05) is 0 Å². The molecule has 5 heteroatoms. The van der Waals surface area contributed by atoms with Crippen molar-refractivity contribution in [1.29, 1.82) is 0 Å². The molecule has 248 valence electrons. The molecule has 53 heavy (non-hydrogen) atoms. The molecule has 11 rings (SSSR count). The lowest BCUT2D eigenvalue weighted by Crippen LogP contribution is -2.04. The first kappa shape index (κ1) is 29.5. The molecule has 0 saturated carbocycles. The van der Waals surface area contributed by atoms with Gasteiger partial charge in [-0.3, -0.25) is 4.57 Å². The van der Waals surface area contributed by atoms with Gasteiger partial charge in [-0.05, 0) is 60.7 Å². The summed E-state index contributed by atoms with van der Waals surface area (Å²) in [6.07, 6.45) is 2.18. The predicted octanol–water partition coefficient (Wildman–Crippen LogP) is 11.9. The zero-order valence-electron chi connectivity index (χ0n) is 28.6. The van der Waals surface area contributed by atoms with Crippen molar-refractivity contribution < 1.29 is 0 Å². The Balaban J connectivity index is 1.30. The fourth-order valence-electron chi connectivity index (χ4n) is 8.11. The molecular formula is C48H31N5. The van der Waals surface area contributed by atoms with Gasteiger partial charge in [-0.2, -0.15) is 0 Å². The zero-order chi connectivity index (χ0) is 34.9. The quantitative estimate of drug-likeness (QED) is 0.182. The lowest BCUT2D eigenvalue weighted by atomic mass is 10.1. The van der Waals surface area contributed by atoms with Crippen LogP contribution in [0.15, 0.2) is 188 Å². The minimum Gasteiger partial charge on any atom is -0.316 e. The summed E-state index contributed by atoms with van der Waals surface area (Å²) in [5.74, 6) is 0.640. The van der Waals surface area contributed by atoms with Crippen molar-refractivity contribution in [3.05, 3.63) is 188 Å². The van der Waals surface area contributed by atoms with E-state index in [1.54, 1.807) is 0 Å². The number of nitrogens with zero attached hydrogens (tertiary/aromatic N) is 5. The average Bonchev–Trinajstić information content (AvgIpc) is 3.91. The molecule has 0 saturated heterocycles. The summed E-state index contributed by atoms with van der Waals surface area (Å²) in [5, 5.41) is 5.86. The molecule has 0 radical (unpaired) electrons. The largest absolute Gasteiger partial charge is 0.316 e. The summed E-state index contributed by atoms with van der Waals surface area (Å²) < 4.78 is 6.98. The Morgan fingerprint density at radius 3 is 1.66 bits per heavy atom. The van der Waals surface area contributed by atoms with E-state index in [1.165, 1.54) is 16.2 Å². The first-order chi connectivity index (χ1) is 26.3. The van der Waals surface area contributed by atoms with Crippen LogP contribution in [0.5, 0.6) is 0 Å². The van der Waals surface area contributed by atoms with Gasteiger partial charge >= 0.3 is 0 Å².